The minimum atomic E-state index is 0.474. The molecule has 21 heavy (non-hydrogen) atoms. The zero-order chi connectivity index (χ0) is 14.7. The molecule has 0 aliphatic heterocycles. The molecule has 2 aromatic heterocycles. The summed E-state index contributed by atoms with van der Waals surface area (Å²) in [7, 11) is 0. The van der Waals surface area contributed by atoms with Crippen LogP contribution in [0.3, 0.4) is 0 Å². The maximum absolute atomic E-state index is 8.83. The van der Waals surface area contributed by atoms with E-state index in [1.807, 2.05) is 18.2 Å². The van der Waals surface area contributed by atoms with Crippen molar-refractivity contribution in [3.05, 3.63) is 52.7 Å². The van der Waals surface area contributed by atoms with E-state index in [4.69, 9.17) is 9.78 Å². The summed E-state index contributed by atoms with van der Waals surface area (Å²) in [5.74, 6) is 1.79. The third-order valence-electron chi connectivity index (χ3n) is 2.85. The fourth-order valence-electron chi connectivity index (χ4n) is 1.79. The second-order valence-electron chi connectivity index (χ2n) is 4.35. The monoisotopic (exact) mass is 313 g/mol. The first-order valence-electron chi connectivity index (χ1n) is 6.27. The Kier molecular flexibility index (Phi) is 4.04. The van der Waals surface area contributed by atoms with Gasteiger partial charge in [-0.05, 0) is 30.7 Å². The molecule has 0 radical (unpaired) electrons. The Bertz CT molecular complexity index is 801. The lowest BCUT2D eigenvalue weighted by Crippen LogP contribution is -1.85. The van der Waals surface area contributed by atoms with E-state index < -0.39 is 0 Å². The third kappa shape index (κ3) is 3.15. The van der Waals surface area contributed by atoms with Crippen LogP contribution in [0.2, 0.25) is 0 Å². The van der Waals surface area contributed by atoms with Crippen molar-refractivity contribution in [2.24, 2.45) is 0 Å². The van der Waals surface area contributed by atoms with Crippen molar-refractivity contribution in [1.82, 2.24) is 10.1 Å². The van der Waals surface area contributed by atoms with E-state index in [1.54, 1.807) is 17.8 Å². The lowest BCUT2D eigenvalue weighted by molar-refractivity contribution is 0.426. The minimum Gasteiger partial charge on any atom is -0.333 e. The number of rotatable bonds is 4. The molecule has 4 nitrogen and oxygen atoms in total. The molecule has 1 aromatic carbocycles. The van der Waals surface area contributed by atoms with E-state index in [9.17, 15) is 0 Å². The summed E-state index contributed by atoms with van der Waals surface area (Å²) in [6.45, 7) is 2.08. The first-order valence-corrected chi connectivity index (χ1v) is 8.08. The van der Waals surface area contributed by atoms with E-state index in [-0.39, 0.29) is 0 Å². The van der Waals surface area contributed by atoms with Crippen molar-refractivity contribution in [2.75, 3.05) is 0 Å². The van der Waals surface area contributed by atoms with Gasteiger partial charge in [-0.15, -0.1) is 23.1 Å². The van der Waals surface area contributed by atoms with Gasteiger partial charge in [-0.25, -0.2) is 0 Å². The quantitative estimate of drug-likeness (QED) is 0.673. The van der Waals surface area contributed by atoms with Gasteiger partial charge < -0.3 is 4.52 Å². The van der Waals surface area contributed by atoms with Gasteiger partial charge in [0.25, 0.3) is 5.89 Å². The van der Waals surface area contributed by atoms with Gasteiger partial charge in [0, 0.05) is 4.90 Å². The van der Waals surface area contributed by atoms with Crippen molar-refractivity contribution in [1.29, 1.82) is 5.26 Å². The van der Waals surface area contributed by atoms with Gasteiger partial charge in [0.2, 0.25) is 0 Å². The van der Waals surface area contributed by atoms with Crippen LogP contribution in [-0.2, 0) is 5.75 Å². The molecule has 6 heteroatoms. The van der Waals surface area contributed by atoms with Gasteiger partial charge in [0.05, 0.1) is 10.6 Å². The molecule has 0 fully saturated rings. The molecule has 0 saturated carbocycles. The zero-order valence-corrected chi connectivity index (χ0v) is 12.9. The van der Waals surface area contributed by atoms with E-state index in [1.165, 1.54) is 21.8 Å². The first kappa shape index (κ1) is 13.9. The molecule has 0 bridgehead atoms. The van der Waals surface area contributed by atoms with Gasteiger partial charge >= 0.3 is 0 Å². The number of nitriles is 1. The molecule has 104 valence electrons. The summed E-state index contributed by atoms with van der Waals surface area (Å²) >= 11 is 3.04. The first-order chi connectivity index (χ1) is 10.3. The molecule has 0 spiro atoms. The highest BCUT2D eigenvalue weighted by Gasteiger charge is 2.12. The lowest BCUT2D eigenvalue weighted by atomic mass is 10.2. The van der Waals surface area contributed by atoms with Crippen molar-refractivity contribution in [3.8, 4) is 16.8 Å². The summed E-state index contributed by atoms with van der Waals surface area (Å²) in [5.41, 5.74) is 1.24. The summed E-state index contributed by atoms with van der Waals surface area (Å²) in [6, 6.07) is 13.9. The van der Waals surface area contributed by atoms with Crippen LogP contribution in [0.1, 0.15) is 16.3 Å². The molecular weight excluding hydrogens is 302 g/mol. The number of hydrogen-bond acceptors (Lipinski definition) is 6. The number of nitrogens with zero attached hydrogens (tertiary/aromatic N) is 3. The van der Waals surface area contributed by atoms with Crippen LogP contribution >= 0.6 is 23.1 Å². The van der Waals surface area contributed by atoms with Crippen molar-refractivity contribution >= 4 is 23.1 Å². The Morgan fingerprint density at radius 3 is 2.90 bits per heavy atom. The van der Waals surface area contributed by atoms with Crippen molar-refractivity contribution < 1.29 is 4.52 Å². The molecule has 0 saturated heterocycles. The van der Waals surface area contributed by atoms with Crippen LogP contribution in [-0.4, -0.2) is 10.1 Å². The topological polar surface area (TPSA) is 62.7 Å². The average Bonchev–Trinajstić information content (AvgIpc) is 3.15. The van der Waals surface area contributed by atoms with E-state index in [0.29, 0.717) is 22.3 Å². The summed E-state index contributed by atoms with van der Waals surface area (Å²) in [4.78, 5) is 7.05. The molecule has 0 aliphatic rings. The van der Waals surface area contributed by atoms with Gasteiger partial charge in [-0.1, -0.05) is 23.4 Å². The smallest absolute Gasteiger partial charge is 0.268 e. The molecular formula is C15H11N3OS2. The van der Waals surface area contributed by atoms with Crippen LogP contribution in [0.4, 0.5) is 0 Å². The van der Waals surface area contributed by atoms with Crippen LogP contribution in [0, 0.1) is 18.3 Å². The van der Waals surface area contributed by atoms with Crippen LogP contribution in [0.15, 0.2) is 45.8 Å². The normalized spacial score (nSPS) is 10.5. The minimum absolute atomic E-state index is 0.474. The maximum Gasteiger partial charge on any atom is 0.268 e. The van der Waals surface area contributed by atoms with Crippen LogP contribution in [0.25, 0.3) is 10.8 Å². The standard InChI is InChI=1S/C15H11N3OS2/c1-10-4-2-3-5-12(10)20-9-14-17-15(19-18-14)13-7-6-11(8-16)21-13/h2-7H,9H2,1H3. The molecule has 3 rings (SSSR count). The molecule has 2 heterocycles. The zero-order valence-electron chi connectivity index (χ0n) is 11.2. The van der Waals surface area contributed by atoms with Gasteiger partial charge in [-0.3, -0.25) is 0 Å². The second-order valence-corrected chi connectivity index (χ2v) is 6.45. The number of thiophene rings is 1. The van der Waals surface area contributed by atoms with Gasteiger partial charge in [0.1, 0.15) is 10.9 Å². The Morgan fingerprint density at radius 2 is 2.14 bits per heavy atom. The van der Waals surface area contributed by atoms with E-state index in [0.717, 1.165) is 4.88 Å². The molecule has 0 amide bonds. The highest BCUT2D eigenvalue weighted by Crippen LogP contribution is 2.28. The van der Waals surface area contributed by atoms with Crippen molar-refractivity contribution in [2.45, 2.75) is 17.6 Å². The average molecular weight is 313 g/mol. The Hall–Kier alpha value is -2.10. The van der Waals surface area contributed by atoms with E-state index >= 15 is 0 Å². The number of benzene rings is 1. The maximum atomic E-state index is 8.83. The largest absolute Gasteiger partial charge is 0.333 e. The Labute approximate surface area is 130 Å². The number of aryl methyl sites for hydroxylation is 1. The molecule has 3 aromatic rings. The van der Waals surface area contributed by atoms with Crippen LogP contribution in [0.5, 0.6) is 0 Å². The highest BCUT2D eigenvalue weighted by molar-refractivity contribution is 7.98. The number of aromatic nitrogens is 2. The summed E-state index contributed by atoms with van der Waals surface area (Å²) in [6.07, 6.45) is 0. The van der Waals surface area contributed by atoms with E-state index in [2.05, 4.69) is 35.3 Å². The van der Waals surface area contributed by atoms with Gasteiger partial charge in [0.15, 0.2) is 5.82 Å². The Morgan fingerprint density at radius 1 is 1.29 bits per heavy atom. The lowest BCUT2D eigenvalue weighted by Gasteiger charge is -2.01. The Balaban J connectivity index is 1.71. The SMILES string of the molecule is Cc1ccccc1SCc1noc(-c2ccc(C#N)s2)n1. The predicted molar refractivity (Wildman–Crippen MR) is 83.1 cm³/mol. The fourth-order valence-corrected chi connectivity index (χ4v) is 3.38. The third-order valence-corrected chi connectivity index (χ3v) is 4.99. The molecule has 0 atom stereocenters. The number of hydrogen-bond donors (Lipinski definition) is 0. The van der Waals surface area contributed by atoms with Crippen molar-refractivity contribution in [3.63, 3.8) is 0 Å². The fraction of sp³-hybridized carbons (Fsp3) is 0.133. The molecule has 0 N–H and O–H groups in total. The van der Waals surface area contributed by atoms with Gasteiger partial charge in [-0.2, -0.15) is 10.2 Å². The second kappa shape index (κ2) is 6.12. The number of thioether (sulfide) groups is 1. The summed E-state index contributed by atoms with van der Waals surface area (Å²) < 4.78 is 5.25. The summed E-state index contributed by atoms with van der Waals surface area (Å²) in [5, 5.41) is 12.8. The molecule has 0 unspecified atom stereocenters. The van der Waals surface area contributed by atoms with Crippen LogP contribution < -0.4 is 0 Å². The predicted octanol–water partition coefficient (Wildman–Crippen LogP) is 4.27. The molecule has 0 aliphatic carbocycles. The highest BCUT2D eigenvalue weighted by atomic mass is 32.2.